The molecule has 0 saturated carbocycles. The third kappa shape index (κ3) is 4.54. The third-order valence-corrected chi connectivity index (χ3v) is 7.90. The number of aryl methyl sites for hydroxylation is 1. The number of rotatable bonds is 8. The second-order valence-electron chi connectivity index (χ2n) is 7.93. The number of nitrogens with zero attached hydrogens (tertiary/aromatic N) is 3. The first-order chi connectivity index (χ1) is 15.3. The molecule has 0 fully saturated rings. The lowest BCUT2D eigenvalue weighted by molar-refractivity contribution is 0.0183. The van der Waals surface area contributed by atoms with Crippen molar-refractivity contribution in [1.82, 2.24) is 9.78 Å². The fraction of sp³-hybridized carbons (Fsp3) is 0.348. The molecule has 9 heteroatoms. The van der Waals surface area contributed by atoms with Crippen LogP contribution in [0.3, 0.4) is 0 Å². The summed E-state index contributed by atoms with van der Waals surface area (Å²) < 4.78 is 35.5. The van der Waals surface area contributed by atoms with Gasteiger partial charge in [-0.05, 0) is 49.6 Å². The van der Waals surface area contributed by atoms with E-state index in [2.05, 4.69) is 5.10 Å². The van der Waals surface area contributed by atoms with Crippen molar-refractivity contribution in [3.05, 3.63) is 76.1 Å². The molecule has 1 aliphatic heterocycles. The molecule has 1 N–H and O–H groups in total. The molecule has 1 aliphatic rings. The van der Waals surface area contributed by atoms with Crippen LogP contribution in [0.15, 0.2) is 53.4 Å². The van der Waals surface area contributed by atoms with E-state index in [-0.39, 0.29) is 18.0 Å². The Bertz CT molecular complexity index is 1210. The van der Waals surface area contributed by atoms with Gasteiger partial charge in [0.05, 0.1) is 42.9 Å². The predicted octanol–water partition coefficient (Wildman–Crippen LogP) is 3.48. The van der Waals surface area contributed by atoms with Gasteiger partial charge in [-0.1, -0.05) is 41.9 Å². The molecular formula is C23H26ClN3O4S. The van der Waals surface area contributed by atoms with Gasteiger partial charge in [0, 0.05) is 11.6 Å². The van der Waals surface area contributed by atoms with Gasteiger partial charge >= 0.3 is 0 Å². The van der Waals surface area contributed by atoms with E-state index >= 15 is 0 Å². The van der Waals surface area contributed by atoms with Crippen LogP contribution in [0.5, 0.6) is 0 Å². The average molecular weight is 476 g/mol. The topological polar surface area (TPSA) is 84.7 Å². The van der Waals surface area contributed by atoms with Crippen LogP contribution in [0, 0.1) is 13.8 Å². The highest BCUT2D eigenvalue weighted by Crippen LogP contribution is 2.34. The van der Waals surface area contributed by atoms with Gasteiger partial charge in [-0.3, -0.25) is 8.99 Å². The molecule has 3 aromatic rings. The first-order valence-electron chi connectivity index (χ1n) is 10.4. The summed E-state index contributed by atoms with van der Waals surface area (Å²) in [6, 6.07) is 14.8. The fourth-order valence-corrected chi connectivity index (χ4v) is 6.05. The van der Waals surface area contributed by atoms with Crippen molar-refractivity contribution in [2.75, 3.05) is 17.5 Å². The molecule has 2 heterocycles. The van der Waals surface area contributed by atoms with Crippen LogP contribution in [0.25, 0.3) is 0 Å². The molecule has 4 rings (SSSR count). The summed E-state index contributed by atoms with van der Waals surface area (Å²) in [4.78, 5) is 0.198. The van der Waals surface area contributed by atoms with Gasteiger partial charge in [-0.15, -0.1) is 0 Å². The van der Waals surface area contributed by atoms with Crippen molar-refractivity contribution < 1.29 is 18.3 Å². The molecule has 0 radical (unpaired) electrons. The lowest BCUT2D eigenvalue weighted by atomic mass is 10.2. The van der Waals surface area contributed by atoms with Gasteiger partial charge in [0.1, 0.15) is 4.90 Å². The molecule has 0 aliphatic carbocycles. The first-order valence-corrected chi connectivity index (χ1v) is 12.2. The van der Waals surface area contributed by atoms with Gasteiger partial charge in [-0.2, -0.15) is 5.10 Å². The van der Waals surface area contributed by atoms with Crippen LogP contribution in [0.1, 0.15) is 22.5 Å². The zero-order chi connectivity index (χ0) is 22.9. The van der Waals surface area contributed by atoms with E-state index in [1.165, 1.54) is 4.31 Å². The Kier molecular flexibility index (Phi) is 6.57. The number of aliphatic hydroxyl groups excluding tert-OH is 1. The molecule has 0 amide bonds. The standard InChI is InChI=1S/C23H26ClN3O4S/c1-16-23(32(29,30)27-12-11-19-5-3-4-6-22(19)27)17(2)26(25-16)13-21(28)15-31-14-18-7-9-20(24)10-8-18/h3-10,21,28H,11-15H2,1-2H3/t21-/m1/s1. The number of aromatic nitrogens is 2. The maximum Gasteiger partial charge on any atom is 0.268 e. The summed E-state index contributed by atoms with van der Waals surface area (Å²) >= 11 is 5.88. The molecule has 2 aromatic carbocycles. The van der Waals surface area contributed by atoms with Gasteiger partial charge < -0.3 is 9.84 Å². The lowest BCUT2D eigenvalue weighted by Crippen LogP contribution is -2.30. The molecular weight excluding hydrogens is 450 g/mol. The summed E-state index contributed by atoms with van der Waals surface area (Å²) in [6.45, 7) is 4.39. The Morgan fingerprint density at radius 2 is 1.88 bits per heavy atom. The average Bonchev–Trinajstić information content (AvgIpc) is 3.31. The smallest absolute Gasteiger partial charge is 0.268 e. The van der Waals surface area contributed by atoms with Crippen LogP contribution in [0.4, 0.5) is 5.69 Å². The molecule has 32 heavy (non-hydrogen) atoms. The van der Waals surface area contributed by atoms with E-state index in [0.717, 1.165) is 16.8 Å². The Morgan fingerprint density at radius 3 is 2.62 bits per heavy atom. The minimum Gasteiger partial charge on any atom is -0.389 e. The molecule has 1 aromatic heterocycles. The number of halogens is 1. The first kappa shape index (κ1) is 22.8. The summed E-state index contributed by atoms with van der Waals surface area (Å²) in [6.07, 6.45) is -0.144. The van der Waals surface area contributed by atoms with Crippen molar-refractivity contribution in [3.8, 4) is 0 Å². The fourth-order valence-electron chi connectivity index (χ4n) is 4.05. The second kappa shape index (κ2) is 9.23. The summed E-state index contributed by atoms with van der Waals surface area (Å²) in [5.74, 6) is 0. The Morgan fingerprint density at radius 1 is 1.16 bits per heavy atom. The van der Waals surface area contributed by atoms with Crippen molar-refractivity contribution in [2.24, 2.45) is 0 Å². The van der Waals surface area contributed by atoms with E-state index in [1.54, 1.807) is 30.7 Å². The third-order valence-electron chi connectivity index (χ3n) is 5.58. The number of ether oxygens (including phenoxy) is 1. The minimum atomic E-state index is -3.76. The van der Waals surface area contributed by atoms with Crippen molar-refractivity contribution >= 4 is 27.3 Å². The zero-order valence-corrected chi connectivity index (χ0v) is 19.6. The summed E-state index contributed by atoms with van der Waals surface area (Å²) in [7, 11) is -3.76. The van der Waals surface area contributed by atoms with Gasteiger partial charge in [0.2, 0.25) is 0 Å². The highest BCUT2D eigenvalue weighted by atomic mass is 35.5. The number of fused-ring (bicyclic) bond motifs is 1. The Hall–Kier alpha value is -2.39. The highest BCUT2D eigenvalue weighted by Gasteiger charge is 2.35. The number of aliphatic hydroxyl groups is 1. The normalized spacial score (nSPS) is 14.6. The highest BCUT2D eigenvalue weighted by molar-refractivity contribution is 7.93. The van der Waals surface area contributed by atoms with Gasteiger partial charge in [0.15, 0.2) is 0 Å². The molecule has 0 saturated heterocycles. The predicted molar refractivity (Wildman–Crippen MR) is 123 cm³/mol. The maximum atomic E-state index is 13.5. The molecule has 0 bridgehead atoms. The number of benzene rings is 2. The maximum absolute atomic E-state index is 13.5. The Balaban J connectivity index is 1.45. The minimum absolute atomic E-state index is 0.0998. The molecule has 0 unspecified atom stereocenters. The van der Waals surface area contributed by atoms with Crippen molar-refractivity contribution in [2.45, 2.75) is 44.4 Å². The summed E-state index contributed by atoms with van der Waals surface area (Å²) in [5, 5.41) is 15.5. The van der Waals surface area contributed by atoms with Crippen LogP contribution >= 0.6 is 11.6 Å². The van der Waals surface area contributed by atoms with Gasteiger partial charge in [-0.25, -0.2) is 8.42 Å². The van der Waals surface area contributed by atoms with E-state index in [9.17, 15) is 13.5 Å². The van der Waals surface area contributed by atoms with E-state index in [1.807, 2.05) is 36.4 Å². The summed E-state index contributed by atoms with van der Waals surface area (Å²) in [5.41, 5.74) is 3.61. The zero-order valence-electron chi connectivity index (χ0n) is 18.0. The van der Waals surface area contributed by atoms with Crippen LogP contribution in [-0.4, -0.2) is 42.6 Å². The van der Waals surface area contributed by atoms with Crippen LogP contribution in [0.2, 0.25) is 5.02 Å². The van der Waals surface area contributed by atoms with E-state index < -0.39 is 16.1 Å². The van der Waals surface area contributed by atoms with E-state index in [4.69, 9.17) is 16.3 Å². The Labute approximate surface area is 193 Å². The van der Waals surface area contributed by atoms with Crippen molar-refractivity contribution in [3.63, 3.8) is 0 Å². The number of anilines is 1. The van der Waals surface area contributed by atoms with Crippen molar-refractivity contribution in [1.29, 1.82) is 0 Å². The monoisotopic (exact) mass is 475 g/mol. The molecule has 170 valence electrons. The number of hydrogen-bond acceptors (Lipinski definition) is 5. The van der Waals surface area contributed by atoms with Gasteiger partial charge in [0.25, 0.3) is 10.0 Å². The molecule has 0 spiro atoms. The SMILES string of the molecule is Cc1nn(C[C@@H](O)COCc2ccc(Cl)cc2)c(C)c1S(=O)(=O)N1CCc2ccccc21. The molecule has 7 nitrogen and oxygen atoms in total. The number of para-hydroxylation sites is 1. The lowest BCUT2D eigenvalue weighted by Gasteiger charge is -2.20. The molecule has 1 atom stereocenters. The van der Waals surface area contributed by atoms with Crippen LogP contribution in [-0.2, 0) is 34.3 Å². The number of sulfonamides is 1. The number of hydrogen-bond donors (Lipinski definition) is 1. The largest absolute Gasteiger partial charge is 0.389 e. The van der Waals surface area contributed by atoms with Crippen LogP contribution < -0.4 is 4.31 Å². The van der Waals surface area contributed by atoms with E-state index in [0.29, 0.717) is 36.0 Å². The second-order valence-corrected chi connectivity index (χ2v) is 10.2. The quantitative estimate of drug-likeness (QED) is 0.539.